The molecule has 18 heavy (non-hydrogen) atoms. The molecule has 1 aromatic rings. The molecule has 0 bridgehead atoms. The largest absolute Gasteiger partial charge is 0.479 e. The second-order valence-corrected chi connectivity index (χ2v) is 4.58. The maximum atomic E-state index is 11.3. The highest BCUT2D eigenvalue weighted by atomic mass is 79.9. The summed E-state index contributed by atoms with van der Waals surface area (Å²) in [6.45, 7) is 1.20. The first-order valence-corrected chi connectivity index (χ1v) is 5.93. The molecule has 0 saturated heterocycles. The van der Waals surface area contributed by atoms with Gasteiger partial charge < -0.3 is 10.4 Å². The quantitative estimate of drug-likeness (QED) is 0.737. The van der Waals surface area contributed by atoms with Gasteiger partial charge in [-0.25, -0.2) is 15.1 Å². The Hall–Kier alpha value is -1.31. The molecule has 8 heteroatoms. The van der Waals surface area contributed by atoms with Crippen LogP contribution in [0.15, 0.2) is 16.6 Å². The number of urea groups is 1. The zero-order valence-corrected chi connectivity index (χ0v) is 11.6. The van der Waals surface area contributed by atoms with E-state index in [0.29, 0.717) is 15.2 Å². The predicted octanol–water partition coefficient (Wildman–Crippen LogP) is 2.55. The number of benzene rings is 1. The summed E-state index contributed by atoms with van der Waals surface area (Å²) in [4.78, 5) is 25.9. The zero-order chi connectivity index (χ0) is 13.7. The monoisotopic (exact) mass is 336 g/mol. The molecule has 6 nitrogen and oxygen atoms in total. The number of carboxylic acids is 1. The average Bonchev–Trinajstić information content (AvgIpc) is 2.25. The number of hydroxylamine groups is 1. The maximum Gasteiger partial charge on any atom is 0.343 e. The number of carboxylic acid groups (broad SMARTS) is 1. The van der Waals surface area contributed by atoms with Crippen molar-refractivity contribution in [2.75, 3.05) is 11.9 Å². The van der Waals surface area contributed by atoms with Crippen LogP contribution in [0.4, 0.5) is 10.5 Å². The van der Waals surface area contributed by atoms with Crippen LogP contribution in [-0.4, -0.2) is 23.7 Å². The number of halogens is 2. The van der Waals surface area contributed by atoms with E-state index < -0.39 is 18.6 Å². The van der Waals surface area contributed by atoms with Crippen molar-refractivity contribution in [3.05, 3.63) is 27.2 Å². The van der Waals surface area contributed by atoms with Gasteiger partial charge in [-0.2, -0.15) is 0 Å². The Labute approximate surface area is 116 Å². The lowest BCUT2D eigenvalue weighted by Gasteiger charge is -2.10. The summed E-state index contributed by atoms with van der Waals surface area (Å²) in [6.07, 6.45) is 0. The number of hydrogen-bond acceptors (Lipinski definition) is 3. The molecule has 0 aliphatic heterocycles. The Bertz CT molecular complexity index is 481. The summed E-state index contributed by atoms with van der Waals surface area (Å²) in [7, 11) is 0. The van der Waals surface area contributed by atoms with E-state index in [1.54, 1.807) is 12.1 Å². The smallest absolute Gasteiger partial charge is 0.343 e. The molecule has 0 spiro atoms. The Kier molecular flexibility index (Phi) is 5.39. The van der Waals surface area contributed by atoms with E-state index in [2.05, 4.69) is 26.1 Å². The summed E-state index contributed by atoms with van der Waals surface area (Å²) >= 11 is 9.18. The van der Waals surface area contributed by atoms with Crippen LogP contribution >= 0.6 is 27.5 Å². The minimum atomic E-state index is -1.19. The van der Waals surface area contributed by atoms with Gasteiger partial charge in [0.2, 0.25) is 0 Å². The number of aliphatic carboxylic acids is 1. The molecule has 3 N–H and O–H groups in total. The van der Waals surface area contributed by atoms with Crippen molar-refractivity contribution in [3.63, 3.8) is 0 Å². The first kappa shape index (κ1) is 14.7. The van der Waals surface area contributed by atoms with Gasteiger partial charge in [0.25, 0.3) is 0 Å². The van der Waals surface area contributed by atoms with Crippen LogP contribution in [0, 0.1) is 6.92 Å². The van der Waals surface area contributed by atoms with Crippen molar-refractivity contribution >= 4 is 45.2 Å². The number of anilines is 1. The second-order valence-electron chi connectivity index (χ2n) is 3.32. The average molecular weight is 338 g/mol. The molecular formula is C10H10BrClN2O4. The Morgan fingerprint density at radius 1 is 1.50 bits per heavy atom. The maximum absolute atomic E-state index is 11.3. The van der Waals surface area contributed by atoms with E-state index >= 15 is 0 Å². The first-order chi connectivity index (χ1) is 8.40. The first-order valence-electron chi connectivity index (χ1n) is 4.76. The van der Waals surface area contributed by atoms with E-state index in [1.807, 2.05) is 12.4 Å². The molecule has 0 aromatic heterocycles. The highest BCUT2D eigenvalue weighted by molar-refractivity contribution is 9.10. The van der Waals surface area contributed by atoms with Gasteiger partial charge in [-0.05, 0) is 40.5 Å². The molecule has 0 fully saturated rings. The van der Waals surface area contributed by atoms with Gasteiger partial charge in [0.05, 0.1) is 5.69 Å². The molecule has 0 saturated carbocycles. The van der Waals surface area contributed by atoms with Crippen molar-refractivity contribution in [2.24, 2.45) is 0 Å². The van der Waals surface area contributed by atoms with Gasteiger partial charge in [-0.15, -0.1) is 0 Å². The van der Waals surface area contributed by atoms with Gasteiger partial charge in [0.1, 0.15) is 0 Å². The number of nitrogens with one attached hydrogen (secondary N) is 2. The van der Waals surface area contributed by atoms with Crippen LogP contribution in [0.2, 0.25) is 5.02 Å². The molecule has 1 rings (SSSR count). The third-order valence-electron chi connectivity index (χ3n) is 1.86. The van der Waals surface area contributed by atoms with Gasteiger partial charge >= 0.3 is 12.0 Å². The molecule has 0 heterocycles. The Morgan fingerprint density at radius 3 is 2.78 bits per heavy atom. The zero-order valence-electron chi connectivity index (χ0n) is 9.29. The van der Waals surface area contributed by atoms with Crippen molar-refractivity contribution in [2.45, 2.75) is 6.92 Å². The summed E-state index contributed by atoms with van der Waals surface area (Å²) < 4.78 is 0.651. The van der Waals surface area contributed by atoms with Crippen molar-refractivity contribution in [3.8, 4) is 0 Å². The molecule has 0 aliphatic carbocycles. The molecule has 1 aromatic carbocycles. The van der Waals surface area contributed by atoms with Crippen molar-refractivity contribution < 1.29 is 19.5 Å². The summed E-state index contributed by atoms with van der Waals surface area (Å²) in [5.74, 6) is -1.19. The highest BCUT2D eigenvalue weighted by Gasteiger charge is 2.08. The molecule has 0 radical (unpaired) electrons. The third-order valence-corrected chi connectivity index (χ3v) is 2.92. The minimum Gasteiger partial charge on any atom is -0.479 e. The lowest BCUT2D eigenvalue weighted by atomic mass is 10.2. The van der Waals surface area contributed by atoms with Crippen LogP contribution < -0.4 is 10.8 Å². The fourth-order valence-corrected chi connectivity index (χ4v) is 1.77. The van der Waals surface area contributed by atoms with Crippen LogP contribution in [0.3, 0.4) is 0 Å². The normalized spacial score (nSPS) is 9.94. The molecule has 98 valence electrons. The van der Waals surface area contributed by atoms with Gasteiger partial charge in [0, 0.05) is 9.50 Å². The fraction of sp³-hybridized carbons (Fsp3) is 0.200. The van der Waals surface area contributed by atoms with E-state index in [1.165, 1.54) is 0 Å². The SMILES string of the molecule is Cc1cc(Br)c(NC(=O)NOCC(=O)O)cc1Cl. The number of amides is 2. The minimum absolute atomic E-state index is 0.446. The number of rotatable bonds is 4. The second kappa shape index (κ2) is 6.58. The summed E-state index contributed by atoms with van der Waals surface area (Å²) in [6, 6.07) is 2.62. The third kappa shape index (κ3) is 4.52. The molecular weight excluding hydrogens is 327 g/mol. The number of aryl methyl sites for hydroxylation is 1. The number of carbonyl (C=O) groups is 2. The Balaban J connectivity index is 2.59. The lowest BCUT2D eigenvalue weighted by Crippen LogP contribution is -2.30. The Morgan fingerprint density at radius 2 is 2.17 bits per heavy atom. The fourth-order valence-electron chi connectivity index (χ4n) is 1.05. The number of hydrogen-bond donors (Lipinski definition) is 3. The standard InChI is InChI=1S/C10H10BrClN2O4/c1-5-2-6(11)8(3-7(5)12)13-10(17)14-18-4-9(15)16/h2-3H,4H2,1H3,(H,15,16)(H2,13,14,17). The highest BCUT2D eigenvalue weighted by Crippen LogP contribution is 2.28. The van der Waals surface area contributed by atoms with E-state index in [4.69, 9.17) is 16.7 Å². The van der Waals surface area contributed by atoms with Crippen LogP contribution in [0.25, 0.3) is 0 Å². The lowest BCUT2D eigenvalue weighted by molar-refractivity contribution is -0.143. The van der Waals surface area contributed by atoms with Crippen molar-refractivity contribution in [1.82, 2.24) is 5.48 Å². The van der Waals surface area contributed by atoms with E-state index in [9.17, 15) is 9.59 Å². The topological polar surface area (TPSA) is 87.7 Å². The van der Waals surface area contributed by atoms with Gasteiger partial charge in [0.15, 0.2) is 6.61 Å². The molecule has 0 unspecified atom stereocenters. The molecule has 0 aliphatic rings. The predicted molar refractivity (Wildman–Crippen MR) is 69.6 cm³/mol. The molecule has 2 amide bonds. The van der Waals surface area contributed by atoms with E-state index in [0.717, 1.165) is 5.56 Å². The summed E-state index contributed by atoms with van der Waals surface area (Å²) in [5.41, 5.74) is 3.23. The van der Waals surface area contributed by atoms with Crippen LogP contribution in [0.5, 0.6) is 0 Å². The number of carbonyl (C=O) groups excluding carboxylic acids is 1. The molecule has 0 atom stereocenters. The van der Waals surface area contributed by atoms with Crippen LogP contribution in [-0.2, 0) is 9.63 Å². The van der Waals surface area contributed by atoms with Crippen LogP contribution in [0.1, 0.15) is 5.56 Å². The van der Waals surface area contributed by atoms with Gasteiger partial charge in [-0.1, -0.05) is 11.6 Å². The summed E-state index contributed by atoms with van der Waals surface area (Å²) in [5, 5.41) is 11.3. The van der Waals surface area contributed by atoms with Gasteiger partial charge in [-0.3, -0.25) is 4.84 Å². The van der Waals surface area contributed by atoms with E-state index in [-0.39, 0.29) is 0 Å². The van der Waals surface area contributed by atoms with Crippen molar-refractivity contribution in [1.29, 1.82) is 0 Å².